The summed E-state index contributed by atoms with van der Waals surface area (Å²) in [5.41, 5.74) is -2.60. The zero-order valence-electron chi connectivity index (χ0n) is 8.58. The van der Waals surface area contributed by atoms with E-state index in [1.54, 1.807) is 4.98 Å². The summed E-state index contributed by atoms with van der Waals surface area (Å²) in [6, 6.07) is 2.92. The Labute approximate surface area is 103 Å². The number of hydrogen-bond acceptors (Lipinski definition) is 3. The smallest absolute Gasteiger partial charge is 0.335 e. The van der Waals surface area contributed by atoms with Crippen LogP contribution < -0.4 is 11.2 Å². The van der Waals surface area contributed by atoms with E-state index >= 15 is 0 Å². The van der Waals surface area contributed by atoms with Crippen LogP contribution >= 0.6 is 11.6 Å². The predicted molar refractivity (Wildman–Crippen MR) is 59.3 cm³/mol. The molecular formula is C10H5ClF2N2O3. The van der Waals surface area contributed by atoms with Crippen LogP contribution in [-0.4, -0.2) is 14.7 Å². The number of aromatic nitrogens is 2. The van der Waals surface area contributed by atoms with Crippen LogP contribution in [0.25, 0.3) is 5.69 Å². The van der Waals surface area contributed by atoms with Crippen molar-refractivity contribution in [3.05, 3.63) is 55.7 Å². The van der Waals surface area contributed by atoms with Gasteiger partial charge in [-0.1, -0.05) is 11.6 Å². The largest absolute Gasteiger partial charge is 0.492 e. The van der Waals surface area contributed by atoms with Crippen molar-refractivity contribution in [3.8, 4) is 11.6 Å². The van der Waals surface area contributed by atoms with E-state index in [1.165, 1.54) is 0 Å². The molecule has 2 N–H and O–H groups in total. The van der Waals surface area contributed by atoms with Gasteiger partial charge < -0.3 is 5.11 Å². The van der Waals surface area contributed by atoms with Crippen LogP contribution in [0.5, 0.6) is 5.88 Å². The maximum absolute atomic E-state index is 13.2. The van der Waals surface area contributed by atoms with Crippen molar-refractivity contribution in [2.45, 2.75) is 0 Å². The van der Waals surface area contributed by atoms with E-state index < -0.39 is 28.8 Å². The van der Waals surface area contributed by atoms with Gasteiger partial charge in [-0.2, -0.15) is 4.39 Å². The van der Waals surface area contributed by atoms with E-state index in [9.17, 15) is 23.5 Å². The van der Waals surface area contributed by atoms with Gasteiger partial charge in [-0.15, -0.1) is 0 Å². The minimum atomic E-state index is -1.53. The summed E-state index contributed by atoms with van der Waals surface area (Å²) in [7, 11) is 0. The molecule has 1 aromatic carbocycles. The lowest BCUT2D eigenvalue weighted by Crippen LogP contribution is -2.31. The second kappa shape index (κ2) is 4.26. The summed E-state index contributed by atoms with van der Waals surface area (Å²) in [5.74, 6) is -3.39. The summed E-state index contributed by atoms with van der Waals surface area (Å²) in [5, 5.41) is 9.20. The molecule has 0 aliphatic carbocycles. The van der Waals surface area contributed by atoms with Crippen LogP contribution in [0, 0.1) is 11.6 Å². The summed E-state index contributed by atoms with van der Waals surface area (Å²) in [6.45, 7) is 0. The number of halogens is 3. The molecule has 8 heteroatoms. The fraction of sp³-hybridized carbons (Fsp3) is 0. The Hall–Kier alpha value is -2.15. The lowest BCUT2D eigenvalue weighted by Gasteiger charge is -2.09. The molecule has 1 heterocycles. The van der Waals surface area contributed by atoms with Gasteiger partial charge in [0.05, 0.1) is 10.7 Å². The molecule has 2 rings (SSSR count). The SMILES string of the molecule is O=c1[nH]c(=O)n(-c2ccc(F)cc2Cl)c(O)c1F. The maximum atomic E-state index is 13.2. The summed E-state index contributed by atoms with van der Waals surface area (Å²) < 4.78 is 26.5. The average molecular weight is 275 g/mol. The van der Waals surface area contributed by atoms with Crippen LogP contribution in [0.3, 0.4) is 0 Å². The molecule has 0 amide bonds. The van der Waals surface area contributed by atoms with E-state index in [4.69, 9.17) is 11.6 Å². The standard InChI is InChI=1S/C10H5ClF2N2O3/c11-5-3-4(12)1-2-6(5)15-9(17)7(13)8(16)14-10(15)18/h1-3,17H,(H,14,16,18). The van der Waals surface area contributed by atoms with Crippen molar-refractivity contribution in [2.75, 3.05) is 0 Å². The molecule has 0 saturated heterocycles. The Morgan fingerprint density at radius 1 is 1.28 bits per heavy atom. The molecule has 0 radical (unpaired) electrons. The van der Waals surface area contributed by atoms with Gasteiger partial charge in [0.2, 0.25) is 11.7 Å². The zero-order valence-corrected chi connectivity index (χ0v) is 9.33. The predicted octanol–water partition coefficient (Wildman–Crippen LogP) is 1.16. The first kappa shape index (κ1) is 12.3. The number of benzene rings is 1. The Kier molecular flexibility index (Phi) is 2.92. The topological polar surface area (TPSA) is 75.1 Å². The average Bonchev–Trinajstić information content (AvgIpc) is 2.29. The van der Waals surface area contributed by atoms with E-state index in [-0.39, 0.29) is 10.7 Å². The highest BCUT2D eigenvalue weighted by Crippen LogP contribution is 2.23. The third kappa shape index (κ3) is 1.88. The second-order valence-electron chi connectivity index (χ2n) is 3.33. The fourth-order valence-corrected chi connectivity index (χ4v) is 1.64. The van der Waals surface area contributed by atoms with Gasteiger partial charge in [-0.3, -0.25) is 9.78 Å². The van der Waals surface area contributed by atoms with E-state index in [2.05, 4.69) is 0 Å². The van der Waals surface area contributed by atoms with Gasteiger partial charge in [0.1, 0.15) is 5.82 Å². The van der Waals surface area contributed by atoms with Crippen molar-refractivity contribution < 1.29 is 13.9 Å². The number of aromatic amines is 1. The maximum Gasteiger partial charge on any atom is 0.335 e. The molecule has 0 spiro atoms. The van der Waals surface area contributed by atoms with Crippen LogP contribution in [0.4, 0.5) is 8.78 Å². The van der Waals surface area contributed by atoms with Crippen LogP contribution in [-0.2, 0) is 0 Å². The highest BCUT2D eigenvalue weighted by molar-refractivity contribution is 6.32. The number of H-pyrrole nitrogens is 1. The first-order valence-electron chi connectivity index (χ1n) is 4.61. The normalized spacial score (nSPS) is 10.6. The Balaban J connectivity index is 2.84. The first-order chi connectivity index (χ1) is 8.41. The lowest BCUT2D eigenvalue weighted by atomic mass is 10.3. The van der Waals surface area contributed by atoms with E-state index in [0.717, 1.165) is 18.2 Å². The summed E-state index contributed by atoms with van der Waals surface area (Å²) >= 11 is 5.67. The second-order valence-corrected chi connectivity index (χ2v) is 3.74. The highest BCUT2D eigenvalue weighted by atomic mass is 35.5. The van der Waals surface area contributed by atoms with Crippen LogP contribution in [0.1, 0.15) is 0 Å². The number of nitrogens with zero attached hydrogens (tertiary/aromatic N) is 1. The summed E-state index contributed by atoms with van der Waals surface area (Å²) in [4.78, 5) is 24.0. The molecular weight excluding hydrogens is 270 g/mol. The zero-order chi connectivity index (χ0) is 13.4. The molecule has 0 saturated carbocycles. The molecule has 0 unspecified atom stereocenters. The molecule has 0 fully saturated rings. The number of rotatable bonds is 1. The van der Waals surface area contributed by atoms with Gasteiger partial charge in [0.25, 0.3) is 5.56 Å². The number of hydrogen-bond donors (Lipinski definition) is 2. The Bertz CT molecular complexity index is 739. The fourth-order valence-electron chi connectivity index (χ4n) is 1.39. The molecule has 5 nitrogen and oxygen atoms in total. The molecule has 1 aromatic heterocycles. The van der Waals surface area contributed by atoms with Gasteiger partial charge in [0, 0.05) is 0 Å². The van der Waals surface area contributed by atoms with E-state index in [1.807, 2.05) is 0 Å². The minimum Gasteiger partial charge on any atom is -0.492 e. The van der Waals surface area contributed by atoms with Gasteiger partial charge in [-0.25, -0.2) is 13.8 Å². The molecule has 0 atom stereocenters. The van der Waals surface area contributed by atoms with Crippen LogP contribution in [0.2, 0.25) is 5.02 Å². The lowest BCUT2D eigenvalue weighted by molar-refractivity contribution is 0.386. The van der Waals surface area contributed by atoms with Crippen molar-refractivity contribution >= 4 is 11.6 Å². The first-order valence-corrected chi connectivity index (χ1v) is 4.99. The third-order valence-electron chi connectivity index (χ3n) is 2.18. The molecule has 0 bridgehead atoms. The van der Waals surface area contributed by atoms with Gasteiger partial charge >= 0.3 is 5.69 Å². The summed E-state index contributed by atoms with van der Waals surface area (Å²) in [6.07, 6.45) is 0. The van der Waals surface area contributed by atoms with Crippen molar-refractivity contribution in [1.82, 2.24) is 9.55 Å². The molecule has 18 heavy (non-hydrogen) atoms. The van der Waals surface area contributed by atoms with Gasteiger partial charge in [0.15, 0.2) is 0 Å². The number of aromatic hydroxyl groups is 1. The van der Waals surface area contributed by atoms with Crippen LogP contribution in [0.15, 0.2) is 27.8 Å². The minimum absolute atomic E-state index is 0.157. The monoisotopic (exact) mass is 274 g/mol. The quantitative estimate of drug-likeness (QED) is 0.819. The molecule has 94 valence electrons. The Morgan fingerprint density at radius 3 is 2.56 bits per heavy atom. The van der Waals surface area contributed by atoms with Crippen molar-refractivity contribution in [3.63, 3.8) is 0 Å². The highest BCUT2D eigenvalue weighted by Gasteiger charge is 2.17. The molecule has 2 aromatic rings. The Morgan fingerprint density at radius 2 is 1.94 bits per heavy atom. The molecule has 0 aliphatic heterocycles. The third-order valence-corrected chi connectivity index (χ3v) is 2.48. The van der Waals surface area contributed by atoms with Crippen molar-refractivity contribution in [2.24, 2.45) is 0 Å². The van der Waals surface area contributed by atoms with E-state index in [0.29, 0.717) is 4.57 Å². The molecule has 0 aliphatic rings. The number of nitrogens with one attached hydrogen (secondary N) is 1. The van der Waals surface area contributed by atoms with Gasteiger partial charge in [-0.05, 0) is 18.2 Å². The van der Waals surface area contributed by atoms with Crippen molar-refractivity contribution in [1.29, 1.82) is 0 Å².